The number of halogens is 1. The van der Waals surface area contributed by atoms with Crippen molar-refractivity contribution in [3.63, 3.8) is 0 Å². The Labute approximate surface area is 106 Å². The Hall–Kier alpha value is -1.84. The van der Waals surface area contributed by atoms with E-state index in [1.54, 1.807) is 6.07 Å². The molecule has 0 fully saturated rings. The summed E-state index contributed by atoms with van der Waals surface area (Å²) in [4.78, 5) is 0. The first-order chi connectivity index (χ1) is 8.47. The number of aromatic nitrogens is 1. The number of hydrogen-bond acceptors (Lipinski definition) is 2. The van der Waals surface area contributed by atoms with Crippen LogP contribution in [0.2, 0.25) is 0 Å². The molecule has 0 unspecified atom stereocenters. The molecule has 1 aromatic heterocycles. The van der Waals surface area contributed by atoms with Gasteiger partial charge in [-0.2, -0.15) is 0 Å². The largest absolute Gasteiger partial charge is 0.478 e. The van der Waals surface area contributed by atoms with Crippen molar-refractivity contribution in [3.8, 4) is 0 Å². The van der Waals surface area contributed by atoms with Crippen molar-refractivity contribution in [1.29, 1.82) is 5.41 Å². The van der Waals surface area contributed by atoms with E-state index in [4.69, 9.17) is 10.1 Å². The molecule has 0 saturated heterocycles. The first-order valence-electron chi connectivity index (χ1n) is 5.95. The van der Waals surface area contributed by atoms with Gasteiger partial charge in [0.05, 0.1) is 18.0 Å². The highest BCUT2D eigenvalue weighted by Gasteiger charge is 2.10. The Morgan fingerprint density at radius 2 is 2.17 bits per heavy atom. The predicted octanol–water partition coefficient (Wildman–Crippen LogP) is 3.26. The van der Waals surface area contributed by atoms with Gasteiger partial charge >= 0.3 is 0 Å². The van der Waals surface area contributed by atoms with Gasteiger partial charge in [-0.3, -0.25) is 5.41 Å². The molecule has 2 aromatic rings. The molecule has 2 rings (SSSR count). The summed E-state index contributed by atoms with van der Waals surface area (Å²) in [6, 6.07) is 4.70. The third kappa shape index (κ3) is 2.53. The van der Waals surface area contributed by atoms with Gasteiger partial charge in [-0.05, 0) is 37.6 Å². The van der Waals surface area contributed by atoms with E-state index in [1.807, 2.05) is 31.7 Å². The first-order valence-corrected chi connectivity index (χ1v) is 5.95. The average molecular weight is 248 g/mol. The molecule has 0 bridgehead atoms. The third-order valence-corrected chi connectivity index (χ3v) is 2.76. The highest BCUT2D eigenvalue weighted by molar-refractivity contribution is 5.88. The molecule has 96 valence electrons. The van der Waals surface area contributed by atoms with Gasteiger partial charge < -0.3 is 9.30 Å². The fraction of sp³-hybridized carbons (Fsp3) is 0.357. The monoisotopic (exact) mass is 248 g/mol. The standard InChI is InChI=1S/C14H17FN2O/c1-9(2)18-14(16)6-10-8-17(3)13-7-11(15)4-5-12(10)13/h4-5,7-9,16H,6H2,1-3H3. The normalized spacial score (nSPS) is 11.2. The molecule has 3 nitrogen and oxygen atoms in total. The van der Waals surface area contributed by atoms with Crippen molar-refractivity contribution in [2.45, 2.75) is 26.4 Å². The molecule has 1 N–H and O–H groups in total. The summed E-state index contributed by atoms with van der Waals surface area (Å²) in [6.45, 7) is 3.79. The van der Waals surface area contributed by atoms with Crippen molar-refractivity contribution in [2.75, 3.05) is 0 Å². The van der Waals surface area contributed by atoms with Gasteiger partial charge in [0.2, 0.25) is 0 Å². The van der Waals surface area contributed by atoms with Crippen LogP contribution >= 0.6 is 0 Å². The summed E-state index contributed by atoms with van der Waals surface area (Å²) in [5.74, 6) is -0.00872. The number of benzene rings is 1. The quantitative estimate of drug-likeness (QED) is 0.657. The molecule has 4 heteroatoms. The summed E-state index contributed by atoms with van der Waals surface area (Å²) in [7, 11) is 1.87. The molecule has 1 aromatic carbocycles. The van der Waals surface area contributed by atoms with E-state index in [0.717, 1.165) is 16.5 Å². The van der Waals surface area contributed by atoms with Crippen LogP contribution in [0.1, 0.15) is 19.4 Å². The number of rotatable bonds is 3. The molecule has 0 spiro atoms. The van der Waals surface area contributed by atoms with Crippen LogP contribution in [-0.2, 0) is 18.2 Å². The van der Waals surface area contributed by atoms with Crippen LogP contribution in [-0.4, -0.2) is 16.6 Å². The molecular weight excluding hydrogens is 231 g/mol. The lowest BCUT2D eigenvalue weighted by Crippen LogP contribution is -2.12. The molecule has 0 aliphatic carbocycles. The lowest BCUT2D eigenvalue weighted by molar-refractivity contribution is 0.221. The van der Waals surface area contributed by atoms with Crippen LogP contribution in [0.15, 0.2) is 24.4 Å². The smallest absolute Gasteiger partial charge is 0.185 e. The van der Waals surface area contributed by atoms with E-state index >= 15 is 0 Å². The van der Waals surface area contributed by atoms with Crippen molar-refractivity contribution in [1.82, 2.24) is 4.57 Å². The Morgan fingerprint density at radius 3 is 2.83 bits per heavy atom. The second-order valence-corrected chi connectivity index (χ2v) is 4.69. The molecule has 18 heavy (non-hydrogen) atoms. The number of aryl methyl sites for hydroxylation is 1. The minimum Gasteiger partial charge on any atom is -0.478 e. The third-order valence-electron chi connectivity index (χ3n) is 2.76. The summed E-state index contributed by atoms with van der Waals surface area (Å²) in [5.41, 5.74) is 1.82. The van der Waals surface area contributed by atoms with Crippen LogP contribution in [0.3, 0.4) is 0 Å². The minimum atomic E-state index is -0.247. The van der Waals surface area contributed by atoms with E-state index in [2.05, 4.69) is 0 Å². The van der Waals surface area contributed by atoms with Crippen molar-refractivity contribution >= 4 is 16.8 Å². The zero-order valence-electron chi connectivity index (χ0n) is 10.8. The molecular formula is C14H17FN2O. The molecule has 0 atom stereocenters. The van der Waals surface area contributed by atoms with Gasteiger partial charge in [-0.1, -0.05) is 0 Å². The van der Waals surface area contributed by atoms with Crippen molar-refractivity contribution in [3.05, 3.63) is 35.8 Å². The van der Waals surface area contributed by atoms with E-state index in [1.165, 1.54) is 12.1 Å². The fourth-order valence-electron chi connectivity index (χ4n) is 2.08. The lowest BCUT2D eigenvalue weighted by Gasteiger charge is -2.09. The fourth-order valence-corrected chi connectivity index (χ4v) is 2.08. The zero-order valence-corrected chi connectivity index (χ0v) is 10.8. The van der Waals surface area contributed by atoms with E-state index in [-0.39, 0.29) is 17.8 Å². The Balaban J connectivity index is 2.32. The SMILES string of the molecule is CC(C)OC(=N)Cc1cn(C)c2cc(F)ccc12. The Kier molecular flexibility index (Phi) is 3.36. The van der Waals surface area contributed by atoms with Gasteiger partial charge in [0, 0.05) is 18.6 Å². The molecule has 0 aliphatic heterocycles. The Morgan fingerprint density at radius 1 is 1.44 bits per heavy atom. The number of ether oxygens (including phenoxy) is 1. The second-order valence-electron chi connectivity index (χ2n) is 4.69. The maximum Gasteiger partial charge on any atom is 0.185 e. The molecule has 1 heterocycles. The van der Waals surface area contributed by atoms with E-state index in [0.29, 0.717) is 6.42 Å². The van der Waals surface area contributed by atoms with Crippen LogP contribution in [0.25, 0.3) is 10.9 Å². The van der Waals surface area contributed by atoms with Crippen molar-refractivity contribution in [2.24, 2.45) is 7.05 Å². The second kappa shape index (κ2) is 4.80. The van der Waals surface area contributed by atoms with Crippen molar-refractivity contribution < 1.29 is 9.13 Å². The van der Waals surface area contributed by atoms with E-state index < -0.39 is 0 Å². The van der Waals surface area contributed by atoms with Gasteiger partial charge in [0.25, 0.3) is 0 Å². The highest BCUT2D eigenvalue weighted by Crippen LogP contribution is 2.22. The van der Waals surface area contributed by atoms with Crippen LogP contribution in [0, 0.1) is 11.2 Å². The summed E-state index contributed by atoms with van der Waals surface area (Å²) in [5, 5.41) is 8.75. The lowest BCUT2D eigenvalue weighted by atomic mass is 10.1. The van der Waals surface area contributed by atoms with Crippen LogP contribution < -0.4 is 0 Å². The maximum absolute atomic E-state index is 13.2. The van der Waals surface area contributed by atoms with Gasteiger partial charge in [-0.15, -0.1) is 0 Å². The minimum absolute atomic E-state index is 0.00456. The van der Waals surface area contributed by atoms with Gasteiger partial charge in [0.15, 0.2) is 5.90 Å². The molecule has 0 amide bonds. The summed E-state index contributed by atoms with van der Waals surface area (Å²) >= 11 is 0. The number of fused-ring (bicyclic) bond motifs is 1. The van der Waals surface area contributed by atoms with Gasteiger partial charge in [0.1, 0.15) is 5.82 Å². The molecule has 0 saturated carbocycles. The van der Waals surface area contributed by atoms with Gasteiger partial charge in [-0.25, -0.2) is 4.39 Å². The first kappa shape index (κ1) is 12.6. The predicted molar refractivity (Wildman–Crippen MR) is 70.5 cm³/mol. The van der Waals surface area contributed by atoms with Crippen LogP contribution in [0.5, 0.6) is 0 Å². The number of nitrogens with one attached hydrogen (secondary N) is 1. The molecule has 0 radical (unpaired) electrons. The van der Waals surface area contributed by atoms with E-state index in [9.17, 15) is 4.39 Å². The number of hydrogen-bond donors (Lipinski definition) is 1. The average Bonchev–Trinajstić information content (AvgIpc) is 2.54. The zero-order chi connectivity index (χ0) is 13.3. The Bertz CT molecular complexity index is 587. The highest BCUT2D eigenvalue weighted by atomic mass is 19.1. The molecule has 0 aliphatic rings. The summed E-state index contributed by atoms with van der Waals surface area (Å²) < 4.78 is 20.4. The summed E-state index contributed by atoms with van der Waals surface area (Å²) in [6.07, 6.45) is 2.36. The topological polar surface area (TPSA) is 38.0 Å². The maximum atomic E-state index is 13.2. The number of nitrogens with zero attached hydrogens (tertiary/aromatic N) is 1. The van der Waals surface area contributed by atoms with Crippen LogP contribution in [0.4, 0.5) is 4.39 Å².